The zero-order valence-electron chi connectivity index (χ0n) is 10.7. The van der Waals surface area contributed by atoms with Gasteiger partial charge in [0.15, 0.2) is 0 Å². The van der Waals surface area contributed by atoms with E-state index in [1.807, 2.05) is 20.8 Å². The second-order valence-corrected chi connectivity index (χ2v) is 5.85. The van der Waals surface area contributed by atoms with Gasteiger partial charge in [0, 0.05) is 25.6 Å². The first-order valence-corrected chi connectivity index (χ1v) is 6.12. The lowest BCUT2D eigenvalue weighted by atomic mass is 9.93. The van der Waals surface area contributed by atoms with E-state index in [4.69, 9.17) is 4.74 Å². The molecule has 17 heavy (non-hydrogen) atoms. The van der Waals surface area contributed by atoms with Crippen molar-refractivity contribution >= 4 is 12.0 Å². The standard InChI is InChI=1S/C12H20N2O3/c1-12(2,3)17-11(16)14-5-4-8-6-10(15)13-9(8)7-14/h8-9H,4-7H2,1-3H3,(H,13,15)/t8-,9+/m0/s1. The molecule has 5 nitrogen and oxygen atoms in total. The second kappa shape index (κ2) is 4.20. The average molecular weight is 240 g/mol. The fourth-order valence-electron chi connectivity index (χ4n) is 2.40. The molecular formula is C12H20N2O3. The van der Waals surface area contributed by atoms with Crippen LogP contribution in [-0.2, 0) is 9.53 Å². The van der Waals surface area contributed by atoms with E-state index < -0.39 is 5.60 Å². The fraction of sp³-hybridized carbons (Fsp3) is 0.833. The van der Waals surface area contributed by atoms with E-state index in [9.17, 15) is 9.59 Å². The van der Waals surface area contributed by atoms with E-state index in [0.717, 1.165) is 6.42 Å². The summed E-state index contributed by atoms with van der Waals surface area (Å²) in [6.07, 6.45) is 1.20. The lowest BCUT2D eigenvalue weighted by Crippen LogP contribution is -2.50. The van der Waals surface area contributed by atoms with Crippen molar-refractivity contribution < 1.29 is 14.3 Å². The van der Waals surface area contributed by atoms with Crippen LogP contribution >= 0.6 is 0 Å². The van der Waals surface area contributed by atoms with E-state index >= 15 is 0 Å². The molecule has 1 N–H and O–H groups in total. The molecule has 0 spiro atoms. The normalized spacial score (nSPS) is 28.6. The lowest BCUT2D eigenvalue weighted by Gasteiger charge is -2.35. The molecule has 2 fully saturated rings. The van der Waals surface area contributed by atoms with Gasteiger partial charge in [0.2, 0.25) is 5.91 Å². The van der Waals surface area contributed by atoms with Crippen molar-refractivity contribution in [3.8, 4) is 0 Å². The highest BCUT2D eigenvalue weighted by Crippen LogP contribution is 2.26. The van der Waals surface area contributed by atoms with Gasteiger partial charge in [0.25, 0.3) is 0 Å². The molecule has 2 amide bonds. The average Bonchev–Trinajstić information content (AvgIpc) is 2.53. The number of fused-ring (bicyclic) bond motifs is 1. The van der Waals surface area contributed by atoms with Gasteiger partial charge in [-0.3, -0.25) is 4.79 Å². The third-order valence-electron chi connectivity index (χ3n) is 3.20. The summed E-state index contributed by atoms with van der Waals surface area (Å²) in [4.78, 5) is 24.8. The van der Waals surface area contributed by atoms with Gasteiger partial charge in [-0.2, -0.15) is 0 Å². The Kier molecular flexibility index (Phi) is 3.02. The molecule has 0 aliphatic carbocycles. The number of hydrogen-bond acceptors (Lipinski definition) is 3. The van der Waals surface area contributed by atoms with E-state index in [-0.39, 0.29) is 18.0 Å². The zero-order valence-corrected chi connectivity index (χ0v) is 10.7. The summed E-state index contributed by atoms with van der Waals surface area (Å²) >= 11 is 0. The molecule has 0 unspecified atom stereocenters. The third kappa shape index (κ3) is 2.90. The van der Waals surface area contributed by atoms with Crippen LogP contribution in [0.2, 0.25) is 0 Å². The molecule has 2 aliphatic heterocycles. The van der Waals surface area contributed by atoms with Crippen LogP contribution in [0, 0.1) is 5.92 Å². The van der Waals surface area contributed by atoms with Gasteiger partial charge in [0.05, 0.1) is 0 Å². The zero-order chi connectivity index (χ0) is 12.6. The Balaban J connectivity index is 1.92. The van der Waals surface area contributed by atoms with E-state index in [1.165, 1.54) is 0 Å². The van der Waals surface area contributed by atoms with Crippen molar-refractivity contribution in [1.29, 1.82) is 0 Å². The minimum atomic E-state index is -0.465. The van der Waals surface area contributed by atoms with Gasteiger partial charge >= 0.3 is 6.09 Å². The Morgan fingerprint density at radius 1 is 1.47 bits per heavy atom. The Hall–Kier alpha value is -1.26. The lowest BCUT2D eigenvalue weighted by molar-refractivity contribution is -0.119. The van der Waals surface area contributed by atoms with E-state index in [1.54, 1.807) is 4.90 Å². The molecule has 2 atom stereocenters. The minimum Gasteiger partial charge on any atom is -0.444 e. The predicted molar refractivity (Wildman–Crippen MR) is 62.5 cm³/mol. The number of piperidine rings is 1. The molecule has 5 heteroatoms. The van der Waals surface area contributed by atoms with Crippen molar-refractivity contribution in [1.82, 2.24) is 10.2 Å². The number of nitrogens with zero attached hydrogens (tertiary/aromatic N) is 1. The highest BCUT2D eigenvalue weighted by atomic mass is 16.6. The van der Waals surface area contributed by atoms with Crippen LogP contribution in [0.3, 0.4) is 0 Å². The van der Waals surface area contributed by atoms with Gasteiger partial charge in [0.1, 0.15) is 5.60 Å². The molecule has 2 heterocycles. The smallest absolute Gasteiger partial charge is 0.410 e. The maximum Gasteiger partial charge on any atom is 0.410 e. The minimum absolute atomic E-state index is 0.103. The summed E-state index contributed by atoms with van der Waals surface area (Å²) in [5.74, 6) is 0.493. The first kappa shape index (κ1) is 12.2. The summed E-state index contributed by atoms with van der Waals surface area (Å²) in [6.45, 7) is 6.83. The molecule has 2 aliphatic rings. The number of carbonyl (C=O) groups is 2. The number of amides is 2. The molecule has 0 saturated carbocycles. The second-order valence-electron chi connectivity index (χ2n) is 5.85. The summed E-state index contributed by atoms with van der Waals surface area (Å²) < 4.78 is 5.33. The van der Waals surface area contributed by atoms with Gasteiger partial charge in [-0.05, 0) is 33.1 Å². The number of likely N-dealkylation sites (tertiary alicyclic amines) is 1. The summed E-state index contributed by atoms with van der Waals surface area (Å²) in [5, 5.41) is 2.92. The Morgan fingerprint density at radius 2 is 2.18 bits per heavy atom. The highest BCUT2D eigenvalue weighted by molar-refractivity contribution is 5.79. The topological polar surface area (TPSA) is 58.6 Å². The first-order chi connectivity index (χ1) is 7.85. The number of hydrogen-bond donors (Lipinski definition) is 1. The van der Waals surface area contributed by atoms with Crippen LogP contribution in [0.5, 0.6) is 0 Å². The van der Waals surface area contributed by atoms with Crippen LogP contribution in [0.25, 0.3) is 0 Å². The number of nitrogens with one attached hydrogen (secondary N) is 1. The maximum atomic E-state index is 11.9. The summed E-state index contributed by atoms with van der Waals surface area (Å²) in [5.41, 5.74) is -0.465. The SMILES string of the molecule is CC(C)(C)OC(=O)N1CC[C@H]2CC(=O)N[C@@H]2C1. The maximum absolute atomic E-state index is 11.9. The van der Waals surface area contributed by atoms with Crippen LogP contribution < -0.4 is 5.32 Å². The summed E-state index contributed by atoms with van der Waals surface area (Å²) in [6, 6.07) is 0.115. The molecule has 0 aromatic rings. The van der Waals surface area contributed by atoms with Crippen molar-refractivity contribution in [3.63, 3.8) is 0 Å². The molecule has 2 rings (SSSR count). The van der Waals surface area contributed by atoms with Crippen molar-refractivity contribution in [3.05, 3.63) is 0 Å². The molecule has 0 radical (unpaired) electrons. The molecule has 0 aromatic carbocycles. The predicted octanol–water partition coefficient (Wildman–Crippen LogP) is 1.13. The first-order valence-electron chi connectivity index (χ1n) is 6.12. The van der Waals surface area contributed by atoms with E-state index in [2.05, 4.69) is 5.32 Å². The number of carbonyl (C=O) groups excluding carboxylic acids is 2. The van der Waals surface area contributed by atoms with Gasteiger partial charge in [-0.25, -0.2) is 4.79 Å². The van der Waals surface area contributed by atoms with Crippen LogP contribution in [0.1, 0.15) is 33.6 Å². The number of rotatable bonds is 0. The number of ether oxygens (including phenoxy) is 1. The van der Waals surface area contributed by atoms with E-state index in [0.29, 0.717) is 25.4 Å². The van der Waals surface area contributed by atoms with Crippen LogP contribution in [0.15, 0.2) is 0 Å². The molecule has 2 saturated heterocycles. The van der Waals surface area contributed by atoms with Crippen molar-refractivity contribution in [2.24, 2.45) is 5.92 Å². The summed E-state index contributed by atoms with van der Waals surface area (Å²) in [7, 11) is 0. The Labute approximate surface area is 101 Å². The van der Waals surface area contributed by atoms with Crippen molar-refractivity contribution in [2.45, 2.75) is 45.3 Å². The Bertz CT molecular complexity index is 335. The van der Waals surface area contributed by atoms with Crippen molar-refractivity contribution in [2.75, 3.05) is 13.1 Å². The highest BCUT2D eigenvalue weighted by Gasteiger charge is 2.39. The largest absolute Gasteiger partial charge is 0.444 e. The third-order valence-corrected chi connectivity index (χ3v) is 3.20. The Morgan fingerprint density at radius 3 is 2.82 bits per heavy atom. The van der Waals surface area contributed by atoms with Crippen LogP contribution in [0.4, 0.5) is 4.79 Å². The van der Waals surface area contributed by atoms with Gasteiger partial charge in [-0.15, -0.1) is 0 Å². The van der Waals surface area contributed by atoms with Crippen LogP contribution in [-0.4, -0.2) is 41.6 Å². The quantitative estimate of drug-likeness (QED) is 0.690. The molecule has 0 bridgehead atoms. The van der Waals surface area contributed by atoms with Gasteiger partial charge < -0.3 is 15.0 Å². The monoisotopic (exact) mass is 240 g/mol. The molecular weight excluding hydrogens is 220 g/mol. The van der Waals surface area contributed by atoms with Gasteiger partial charge in [-0.1, -0.05) is 0 Å². The fourth-order valence-corrected chi connectivity index (χ4v) is 2.40. The molecule has 96 valence electrons. The molecule has 0 aromatic heterocycles.